The molecule has 6 heteroatoms. The van der Waals surface area contributed by atoms with Gasteiger partial charge < -0.3 is 9.47 Å². The number of hydrogen-bond donors (Lipinski definition) is 0. The van der Waals surface area contributed by atoms with E-state index in [1.54, 1.807) is 13.8 Å². The number of carbonyl (C=O) groups is 3. The quantitative estimate of drug-likeness (QED) is 0.336. The van der Waals surface area contributed by atoms with Gasteiger partial charge in [-0.15, -0.1) is 0 Å². The summed E-state index contributed by atoms with van der Waals surface area (Å²) in [5.41, 5.74) is -0.910. The first kappa shape index (κ1) is 19.1. The van der Waals surface area contributed by atoms with Crippen LogP contribution in [0, 0.1) is 11.3 Å². The second kappa shape index (κ2) is 8.41. The Labute approximate surface area is 135 Å². The molecule has 1 fully saturated rings. The van der Waals surface area contributed by atoms with Crippen molar-refractivity contribution in [3.63, 3.8) is 0 Å². The Morgan fingerprint density at radius 2 is 2.00 bits per heavy atom. The van der Waals surface area contributed by atoms with E-state index in [1.165, 1.54) is 0 Å². The first-order valence-corrected chi connectivity index (χ1v) is 6.51. The van der Waals surface area contributed by atoms with Crippen LogP contribution in [0.15, 0.2) is 12.7 Å². The van der Waals surface area contributed by atoms with Crippen LogP contribution in [0.1, 0.15) is 39.5 Å². The number of ether oxygens (including phenoxy) is 2. The minimum atomic E-state index is -0.910. The molecule has 2 unspecified atom stereocenters. The van der Waals surface area contributed by atoms with Gasteiger partial charge in [-0.25, -0.2) is 4.79 Å². The Hall–Kier alpha value is -0.884. The van der Waals surface area contributed by atoms with Gasteiger partial charge in [0.15, 0.2) is 0 Å². The molecule has 5 nitrogen and oxygen atoms in total. The van der Waals surface area contributed by atoms with Crippen LogP contribution in [0.5, 0.6) is 0 Å². The highest BCUT2D eigenvalue weighted by atomic mass is 24.3. The molecule has 1 aliphatic carbocycles. The molecular formula is C14H22MgO5. The lowest BCUT2D eigenvalue weighted by Gasteiger charge is -2.37. The van der Waals surface area contributed by atoms with Crippen molar-refractivity contribution >= 4 is 41.0 Å². The first-order chi connectivity index (χ1) is 8.95. The summed E-state index contributed by atoms with van der Waals surface area (Å²) in [6, 6.07) is 0. The summed E-state index contributed by atoms with van der Waals surface area (Å²) in [6.45, 7) is 6.93. The fourth-order valence-corrected chi connectivity index (χ4v) is 2.46. The molecule has 1 rings (SSSR count). The molecule has 0 aliphatic heterocycles. The number of hydrogen-bond acceptors (Lipinski definition) is 5. The van der Waals surface area contributed by atoms with Crippen LogP contribution in [0.4, 0.5) is 0 Å². The van der Waals surface area contributed by atoms with Crippen molar-refractivity contribution in [2.24, 2.45) is 11.3 Å². The number of rotatable bonds is 4. The van der Waals surface area contributed by atoms with Gasteiger partial charge in [0.2, 0.25) is 0 Å². The normalized spacial score (nSPS) is 25.0. The third-order valence-electron chi connectivity index (χ3n) is 3.60. The lowest BCUT2D eigenvalue weighted by atomic mass is 9.67. The Morgan fingerprint density at radius 1 is 1.35 bits per heavy atom. The third-order valence-corrected chi connectivity index (χ3v) is 3.60. The van der Waals surface area contributed by atoms with Crippen LogP contribution in [-0.4, -0.2) is 47.6 Å². The van der Waals surface area contributed by atoms with Gasteiger partial charge in [-0.1, -0.05) is 19.4 Å². The van der Waals surface area contributed by atoms with Crippen molar-refractivity contribution in [2.75, 3.05) is 6.61 Å². The highest BCUT2D eigenvalue weighted by Gasteiger charge is 2.48. The molecule has 0 heterocycles. The summed E-state index contributed by atoms with van der Waals surface area (Å²) in [6.07, 6.45) is 3.71. The van der Waals surface area contributed by atoms with E-state index in [-0.39, 0.29) is 29.7 Å². The standard InChI is InChI=1S/C14H20O5.Mg.2H/c1-4-11(15)19-12(16)10-8-6-7-9-14(10,3)13(17)18-5-2;;;/h4,10H,1,5-9H2,2-3H3;;;. The van der Waals surface area contributed by atoms with Crippen molar-refractivity contribution in [1.82, 2.24) is 0 Å². The van der Waals surface area contributed by atoms with E-state index >= 15 is 0 Å². The molecule has 0 N–H and O–H groups in total. The molecule has 0 aromatic carbocycles. The van der Waals surface area contributed by atoms with Crippen molar-refractivity contribution in [3.8, 4) is 0 Å². The van der Waals surface area contributed by atoms with Gasteiger partial charge in [0.25, 0.3) is 0 Å². The van der Waals surface area contributed by atoms with Crippen molar-refractivity contribution in [1.29, 1.82) is 0 Å². The topological polar surface area (TPSA) is 69.7 Å². The molecule has 110 valence electrons. The van der Waals surface area contributed by atoms with Crippen LogP contribution < -0.4 is 0 Å². The molecule has 0 spiro atoms. The van der Waals surface area contributed by atoms with Crippen LogP contribution in [-0.2, 0) is 23.9 Å². The lowest BCUT2D eigenvalue weighted by molar-refractivity contribution is -0.174. The third kappa shape index (κ3) is 4.31. The smallest absolute Gasteiger partial charge is 0.337 e. The van der Waals surface area contributed by atoms with Crippen molar-refractivity contribution < 1.29 is 23.9 Å². The molecule has 0 aromatic rings. The second-order valence-corrected chi connectivity index (χ2v) is 4.88. The Bertz CT molecular complexity index is 393. The largest absolute Gasteiger partial charge is 0.466 e. The molecule has 20 heavy (non-hydrogen) atoms. The average Bonchev–Trinajstić information content (AvgIpc) is 2.39. The molecule has 1 saturated carbocycles. The van der Waals surface area contributed by atoms with E-state index in [0.29, 0.717) is 12.8 Å². The number of carbonyl (C=O) groups excluding carboxylic acids is 3. The maximum atomic E-state index is 12.1. The molecule has 0 radical (unpaired) electrons. The summed E-state index contributed by atoms with van der Waals surface area (Å²) in [4.78, 5) is 35.1. The Balaban J connectivity index is 0.00000361. The minimum Gasteiger partial charge on any atom is -0.466 e. The van der Waals surface area contributed by atoms with Gasteiger partial charge in [0, 0.05) is 6.08 Å². The zero-order valence-electron chi connectivity index (χ0n) is 11.4. The Morgan fingerprint density at radius 3 is 2.55 bits per heavy atom. The van der Waals surface area contributed by atoms with Gasteiger partial charge in [-0.05, 0) is 26.7 Å². The number of esters is 3. The maximum absolute atomic E-state index is 12.1. The summed E-state index contributed by atoms with van der Waals surface area (Å²) in [5, 5.41) is 0. The predicted octanol–water partition coefficient (Wildman–Crippen LogP) is 1.09. The highest BCUT2D eigenvalue weighted by Crippen LogP contribution is 2.42. The van der Waals surface area contributed by atoms with Crippen molar-refractivity contribution in [3.05, 3.63) is 12.7 Å². The van der Waals surface area contributed by atoms with Gasteiger partial charge in [-0.3, -0.25) is 9.59 Å². The van der Waals surface area contributed by atoms with E-state index in [2.05, 4.69) is 11.3 Å². The minimum absolute atomic E-state index is 0. The predicted molar refractivity (Wildman–Crippen MR) is 76.5 cm³/mol. The maximum Gasteiger partial charge on any atom is 0.337 e. The average molecular weight is 295 g/mol. The molecule has 0 aromatic heterocycles. The highest BCUT2D eigenvalue weighted by molar-refractivity contribution is 5.94. The van der Waals surface area contributed by atoms with E-state index < -0.39 is 29.2 Å². The van der Waals surface area contributed by atoms with E-state index in [0.717, 1.165) is 18.9 Å². The van der Waals surface area contributed by atoms with Crippen LogP contribution in [0.25, 0.3) is 0 Å². The summed E-state index contributed by atoms with van der Waals surface area (Å²) in [5.74, 6) is -2.49. The monoisotopic (exact) mass is 294 g/mol. The van der Waals surface area contributed by atoms with Crippen LogP contribution in [0.3, 0.4) is 0 Å². The van der Waals surface area contributed by atoms with Gasteiger partial charge in [0.1, 0.15) is 0 Å². The molecule has 1 aliphatic rings. The van der Waals surface area contributed by atoms with E-state index in [1.807, 2.05) is 0 Å². The molecule has 0 bridgehead atoms. The van der Waals surface area contributed by atoms with Crippen LogP contribution >= 0.6 is 0 Å². The Kier molecular flexibility index (Phi) is 8.04. The fraction of sp³-hybridized carbons (Fsp3) is 0.643. The zero-order chi connectivity index (χ0) is 14.5. The van der Waals surface area contributed by atoms with Crippen molar-refractivity contribution in [2.45, 2.75) is 39.5 Å². The molecule has 0 amide bonds. The molecular weight excluding hydrogens is 272 g/mol. The zero-order valence-corrected chi connectivity index (χ0v) is 11.4. The lowest BCUT2D eigenvalue weighted by Crippen LogP contribution is -2.44. The summed E-state index contributed by atoms with van der Waals surface area (Å²) < 4.78 is 9.70. The fourth-order valence-electron chi connectivity index (χ4n) is 2.46. The van der Waals surface area contributed by atoms with E-state index in [4.69, 9.17) is 4.74 Å². The SMILES string of the molecule is C=CC(=O)OC(=O)C1CCCCC1(C)C(=O)OCC.[MgH2]. The summed E-state index contributed by atoms with van der Waals surface area (Å²) in [7, 11) is 0. The second-order valence-electron chi connectivity index (χ2n) is 4.88. The summed E-state index contributed by atoms with van der Waals surface area (Å²) >= 11 is 0. The van der Waals surface area contributed by atoms with Gasteiger partial charge >= 0.3 is 41.0 Å². The molecule has 2 atom stereocenters. The van der Waals surface area contributed by atoms with Crippen LogP contribution in [0.2, 0.25) is 0 Å². The molecule has 0 saturated heterocycles. The van der Waals surface area contributed by atoms with Gasteiger partial charge in [-0.2, -0.15) is 0 Å². The van der Waals surface area contributed by atoms with Gasteiger partial charge in [0.05, 0.1) is 17.9 Å². The first-order valence-electron chi connectivity index (χ1n) is 6.51. The van der Waals surface area contributed by atoms with E-state index in [9.17, 15) is 14.4 Å².